The number of nitrogens with zero attached hydrogens (tertiary/aromatic N) is 4. The van der Waals surface area contributed by atoms with Gasteiger partial charge in [-0.1, -0.05) is 66.7 Å². The van der Waals surface area contributed by atoms with E-state index in [2.05, 4.69) is 16.1 Å². The van der Waals surface area contributed by atoms with Gasteiger partial charge in [0.05, 0.1) is 18.5 Å². The van der Waals surface area contributed by atoms with Crippen LogP contribution in [-0.4, -0.2) is 21.9 Å². The number of hydrogen-bond acceptors (Lipinski definition) is 4. The molecule has 0 aliphatic rings. The van der Waals surface area contributed by atoms with E-state index < -0.39 is 0 Å². The molecule has 1 aromatic heterocycles. The number of amidine groups is 1. The van der Waals surface area contributed by atoms with E-state index in [0.717, 1.165) is 34.1 Å². The van der Waals surface area contributed by atoms with Gasteiger partial charge in [-0.2, -0.15) is 9.98 Å². The van der Waals surface area contributed by atoms with Crippen molar-refractivity contribution in [1.82, 2.24) is 8.94 Å². The molecule has 0 atom stereocenters. The van der Waals surface area contributed by atoms with Gasteiger partial charge in [-0.05, 0) is 60.1 Å². The van der Waals surface area contributed by atoms with Crippen LogP contribution < -0.4 is 9.54 Å². The van der Waals surface area contributed by atoms with E-state index in [9.17, 15) is 0 Å². The number of aliphatic imine (C=N–C) groups is 1. The van der Waals surface area contributed by atoms with E-state index in [4.69, 9.17) is 19.7 Å². The Hall–Kier alpha value is -4.29. The molecular formula is C28H22N4OS. The topological polar surface area (TPSA) is 51.8 Å². The van der Waals surface area contributed by atoms with Gasteiger partial charge < -0.3 is 4.74 Å². The van der Waals surface area contributed by atoms with E-state index >= 15 is 0 Å². The molecule has 6 heteroatoms. The number of hydrogen-bond donors (Lipinski definition) is 0. The minimum atomic E-state index is 0.613. The SMILES string of the molecule is COc1ccc(-c2nc(=NC(=Nc3ccccc3)c3ccccc3)sn2-c2ccccc2)cc1. The van der Waals surface area contributed by atoms with Gasteiger partial charge in [-0.25, -0.2) is 8.95 Å². The first-order valence-electron chi connectivity index (χ1n) is 10.8. The summed E-state index contributed by atoms with van der Waals surface area (Å²) in [6, 6.07) is 37.9. The van der Waals surface area contributed by atoms with E-state index in [-0.39, 0.29) is 0 Å². The average Bonchev–Trinajstić information content (AvgIpc) is 3.34. The molecule has 0 bridgehead atoms. The zero-order valence-corrected chi connectivity index (χ0v) is 19.4. The molecule has 1 heterocycles. The highest BCUT2D eigenvalue weighted by molar-refractivity contribution is 7.04. The van der Waals surface area contributed by atoms with Gasteiger partial charge in [0.15, 0.2) is 11.7 Å². The summed E-state index contributed by atoms with van der Waals surface area (Å²) in [5, 5.41) is 0. The lowest BCUT2D eigenvalue weighted by molar-refractivity contribution is 0.415. The van der Waals surface area contributed by atoms with Crippen molar-refractivity contribution in [3.05, 3.63) is 126 Å². The summed E-state index contributed by atoms with van der Waals surface area (Å²) in [5.74, 6) is 2.23. The number of aromatic nitrogens is 2. The van der Waals surface area contributed by atoms with Gasteiger partial charge in [0, 0.05) is 11.1 Å². The Labute approximate surface area is 202 Å². The lowest BCUT2D eigenvalue weighted by Crippen LogP contribution is -2.06. The van der Waals surface area contributed by atoms with Crippen LogP contribution in [0.15, 0.2) is 125 Å². The fourth-order valence-electron chi connectivity index (χ4n) is 3.44. The molecule has 5 rings (SSSR count). The molecular weight excluding hydrogens is 440 g/mol. The van der Waals surface area contributed by atoms with Crippen LogP contribution in [0.1, 0.15) is 5.56 Å². The average molecular weight is 463 g/mol. The van der Waals surface area contributed by atoms with E-state index in [1.165, 1.54) is 11.5 Å². The quantitative estimate of drug-likeness (QED) is 0.228. The first-order valence-corrected chi connectivity index (χ1v) is 11.6. The van der Waals surface area contributed by atoms with Crippen LogP contribution in [0.2, 0.25) is 0 Å². The zero-order chi connectivity index (χ0) is 23.2. The highest BCUT2D eigenvalue weighted by atomic mass is 32.1. The minimum Gasteiger partial charge on any atom is -0.497 e. The number of ether oxygens (including phenoxy) is 1. The predicted octanol–water partition coefficient (Wildman–Crippen LogP) is 6.29. The molecule has 5 nitrogen and oxygen atoms in total. The van der Waals surface area contributed by atoms with Crippen molar-refractivity contribution in [3.8, 4) is 22.8 Å². The van der Waals surface area contributed by atoms with Gasteiger partial charge in [0.2, 0.25) is 4.80 Å². The summed E-state index contributed by atoms with van der Waals surface area (Å²) < 4.78 is 7.41. The Balaban J connectivity index is 1.68. The molecule has 0 unspecified atom stereocenters. The van der Waals surface area contributed by atoms with Crippen LogP contribution >= 0.6 is 11.5 Å². The number of para-hydroxylation sites is 2. The van der Waals surface area contributed by atoms with Crippen molar-refractivity contribution in [1.29, 1.82) is 0 Å². The van der Waals surface area contributed by atoms with Crippen molar-refractivity contribution in [2.24, 2.45) is 9.98 Å². The summed E-state index contributed by atoms with van der Waals surface area (Å²) >= 11 is 1.48. The Morgan fingerprint density at radius 3 is 2.03 bits per heavy atom. The Kier molecular flexibility index (Phi) is 6.40. The van der Waals surface area contributed by atoms with Crippen LogP contribution in [0.5, 0.6) is 5.75 Å². The molecule has 0 saturated carbocycles. The van der Waals surface area contributed by atoms with Gasteiger partial charge in [-0.15, -0.1) is 0 Å². The first-order chi connectivity index (χ1) is 16.8. The molecule has 0 aliphatic carbocycles. The molecule has 0 saturated heterocycles. The van der Waals surface area contributed by atoms with E-state index in [1.807, 2.05) is 103 Å². The number of rotatable bonds is 5. The van der Waals surface area contributed by atoms with Crippen LogP contribution in [0.3, 0.4) is 0 Å². The Morgan fingerprint density at radius 1 is 0.765 bits per heavy atom. The maximum absolute atomic E-state index is 5.32. The van der Waals surface area contributed by atoms with Crippen molar-refractivity contribution >= 4 is 23.1 Å². The lowest BCUT2D eigenvalue weighted by Gasteiger charge is -2.06. The third kappa shape index (κ3) is 4.87. The Morgan fingerprint density at radius 2 is 1.38 bits per heavy atom. The van der Waals surface area contributed by atoms with Crippen molar-refractivity contribution < 1.29 is 4.74 Å². The van der Waals surface area contributed by atoms with Crippen molar-refractivity contribution in [3.63, 3.8) is 0 Å². The molecule has 34 heavy (non-hydrogen) atoms. The zero-order valence-electron chi connectivity index (χ0n) is 18.6. The molecule has 0 radical (unpaired) electrons. The minimum absolute atomic E-state index is 0.613. The highest BCUT2D eigenvalue weighted by Crippen LogP contribution is 2.24. The molecule has 0 aliphatic heterocycles. The predicted molar refractivity (Wildman–Crippen MR) is 138 cm³/mol. The number of methoxy groups -OCH3 is 1. The van der Waals surface area contributed by atoms with E-state index in [0.29, 0.717) is 10.6 Å². The molecule has 166 valence electrons. The molecule has 0 amide bonds. The van der Waals surface area contributed by atoms with Gasteiger partial charge >= 0.3 is 0 Å². The monoisotopic (exact) mass is 462 g/mol. The lowest BCUT2D eigenvalue weighted by atomic mass is 10.2. The molecule has 5 aromatic rings. The molecule has 0 N–H and O–H groups in total. The highest BCUT2D eigenvalue weighted by Gasteiger charge is 2.12. The van der Waals surface area contributed by atoms with Gasteiger partial charge in [-0.3, -0.25) is 0 Å². The van der Waals surface area contributed by atoms with Crippen molar-refractivity contribution in [2.75, 3.05) is 7.11 Å². The standard InChI is InChI=1S/C28H22N4OS/c1-33-25-19-17-22(18-20-25)27-31-28(34-32(27)24-15-9-4-10-16-24)30-26(21-11-5-2-6-12-21)29-23-13-7-3-8-14-23/h2-20H,1H3. The third-order valence-electron chi connectivity index (χ3n) is 5.13. The van der Waals surface area contributed by atoms with Crippen molar-refractivity contribution in [2.45, 2.75) is 0 Å². The second-order valence-electron chi connectivity index (χ2n) is 7.42. The van der Waals surface area contributed by atoms with Crippen LogP contribution in [0.4, 0.5) is 5.69 Å². The molecule has 4 aromatic carbocycles. The van der Waals surface area contributed by atoms with Gasteiger partial charge in [0.25, 0.3) is 0 Å². The largest absolute Gasteiger partial charge is 0.497 e. The van der Waals surface area contributed by atoms with E-state index in [1.54, 1.807) is 7.11 Å². The maximum Gasteiger partial charge on any atom is 0.229 e. The van der Waals surface area contributed by atoms with Crippen LogP contribution in [0, 0.1) is 0 Å². The van der Waals surface area contributed by atoms with Gasteiger partial charge in [0.1, 0.15) is 5.75 Å². The second kappa shape index (κ2) is 10.1. The summed E-state index contributed by atoms with van der Waals surface area (Å²) in [6.07, 6.45) is 0. The summed E-state index contributed by atoms with van der Waals surface area (Å²) in [7, 11) is 1.66. The summed E-state index contributed by atoms with van der Waals surface area (Å²) in [4.78, 5) is 15.3. The molecule has 0 spiro atoms. The normalized spacial score (nSPS) is 12.0. The van der Waals surface area contributed by atoms with Crippen LogP contribution in [-0.2, 0) is 0 Å². The second-order valence-corrected chi connectivity index (χ2v) is 8.33. The summed E-state index contributed by atoms with van der Waals surface area (Å²) in [5.41, 5.74) is 3.77. The molecule has 0 fully saturated rings. The smallest absolute Gasteiger partial charge is 0.229 e. The first kappa shape index (κ1) is 21.6. The summed E-state index contributed by atoms with van der Waals surface area (Å²) in [6.45, 7) is 0. The third-order valence-corrected chi connectivity index (χ3v) is 6.04. The maximum atomic E-state index is 5.32. The number of benzene rings is 4. The fourth-order valence-corrected chi connectivity index (χ4v) is 4.32. The fraction of sp³-hybridized carbons (Fsp3) is 0.0357. The Bertz CT molecular complexity index is 1460. The van der Waals surface area contributed by atoms with Crippen LogP contribution in [0.25, 0.3) is 17.1 Å².